The van der Waals surface area contributed by atoms with Crippen molar-refractivity contribution in [1.29, 1.82) is 0 Å². The molecule has 2 N–H and O–H groups in total. The van der Waals surface area contributed by atoms with E-state index in [1.54, 1.807) is 54.6 Å². The van der Waals surface area contributed by atoms with Crippen LogP contribution in [-0.2, 0) is 19.1 Å². The van der Waals surface area contributed by atoms with Crippen LogP contribution in [0.2, 0.25) is 5.02 Å². The van der Waals surface area contributed by atoms with Crippen molar-refractivity contribution in [3.8, 4) is 0 Å². The lowest BCUT2D eigenvalue weighted by Crippen LogP contribution is -2.20. The fourth-order valence-electron chi connectivity index (χ4n) is 2.00. The van der Waals surface area contributed by atoms with Gasteiger partial charge in [0.15, 0.2) is 6.61 Å². The molecule has 0 aromatic heterocycles. The standard InChI is InChI=1S/C19H17ClN2O4/c1-13(23)21-16-6-8-17(9-7-16)22-18(24)12-26-19(25)10-5-14-3-2-4-15(20)11-14/h2-11H,12H2,1H3,(H,21,23)(H,22,24)/b10-5+. The molecule has 0 radical (unpaired) electrons. The molecule has 0 aliphatic carbocycles. The molecule has 0 spiro atoms. The first-order valence-corrected chi connectivity index (χ1v) is 8.08. The van der Waals surface area contributed by atoms with E-state index in [0.29, 0.717) is 16.4 Å². The molecule has 26 heavy (non-hydrogen) atoms. The van der Waals surface area contributed by atoms with Gasteiger partial charge in [-0.25, -0.2) is 4.79 Å². The van der Waals surface area contributed by atoms with Crippen molar-refractivity contribution in [2.24, 2.45) is 0 Å². The van der Waals surface area contributed by atoms with Gasteiger partial charge in [-0.3, -0.25) is 9.59 Å². The van der Waals surface area contributed by atoms with E-state index in [-0.39, 0.29) is 5.91 Å². The fourth-order valence-corrected chi connectivity index (χ4v) is 2.20. The second-order valence-corrected chi connectivity index (χ2v) is 5.74. The molecule has 0 heterocycles. The highest BCUT2D eigenvalue weighted by molar-refractivity contribution is 6.30. The number of halogens is 1. The van der Waals surface area contributed by atoms with Gasteiger partial charge < -0.3 is 15.4 Å². The molecule has 2 amide bonds. The van der Waals surface area contributed by atoms with E-state index in [0.717, 1.165) is 5.56 Å². The second kappa shape index (κ2) is 9.39. The Morgan fingerprint density at radius 2 is 1.69 bits per heavy atom. The van der Waals surface area contributed by atoms with Crippen molar-refractivity contribution in [1.82, 2.24) is 0 Å². The monoisotopic (exact) mass is 372 g/mol. The Balaban J connectivity index is 1.79. The summed E-state index contributed by atoms with van der Waals surface area (Å²) in [5, 5.41) is 5.77. The van der Waals surface area contributed by atoms with Crippen LogP contribution in [0.15, 0.2) is 54.6 Å². The second-order valence-electron chi connectivity index (χ2n) is 5.30. The summed E-state index contributed by atoms with van der Waals surface area (Å²) < 4.78 is 4.88. The molecule has 2 rings (SSSR count). The SMILES string of the molecule is CC(=O)Nc1ccc(NC(=O)COC(=O)/C=C/c2cccc(Cl)c2)cc1. The molecule has 0 aliphatic heterocycles. The number of amides is 2. The highest BCUT2D eigenvalue weighted by Crippen LogP contribution is 2.14. The van der Waals surface area contributed by atoms with Gasteiger partial charge in [0.1, 0.15) is 0 Å². The quantitative estimate of drug-likeness (QED) is 0.600. The van der Waals surface area contributed by atoms with Gasteiger partial charge in [0, 0.05) is 29.4 Å². The fraction of sp³-hybridized carbons (Fsp3) is 0.105. The number of hydrogen-bond donors (Lipinski definition) is 2. The number of hydrogen-bond acceptors (Lipinski definition) is 4. The van der Waals surface area contributed by atoms with E-state index in [4.69, 9.17) is 16.3 Å². The molecule has 6 nitrogen and oxygen atoms in total. The normalized spacial score (nSPS) is 10.4. The lowest BCUT2D eigenvalue weighted by molar-refractivity contribution is -0.142. The Bertz CT molecular complexity index is 832. The molecule has 0 aliphatic rings. The molecular formula is C19H17ClN2O4. The Labute approximate surface area is 155 Å². The van der Waals surface area contributed by atoms with Crippen LogP contribution >= 0.6 is 11.6 Å². The van der Waals surface area contributed by atoms with Crippen molar-refractivity contribution in [3.05, 3.63) is 65.2 Å². The zero-order valence-electron chi connectivity index (χ0n) is 14.0. The average molecular weight is 373 g/mol. The summed E-state index contributed by atoms with van der Waals surface area (Å²) in [5.74, 6) is -1.29. The van der Waals surface area contributed by atoms with Gasteiger partial charge >= 0.3 is 5.97 Å². The van der Waals surface area contributed by atoms with Crippen molar-refractivity contribution in [2.75, 3.05) is 17.2 Å². The summed E-state index contributed by atoms with van der Waals surface area (Å²) in [4.78, 5) is 34.4. The minimum atomic E-state index is -0.638. The number of carbonyl (C=O) groups is 3. The van der Waals surface area contributed by atoms with E-state index >= 15 is 0 Å². The molecule has 0 unspecified atom stereocenters. The zero-order chi connectivity index (χ0) is 18.9. The first-order valence-electron chi connectivity index (χ1n) is 7.70. The van der Waals surface area contributed by atoms with Gasteiger partial charge in [-0.05, 0) is 48.0 Å². The number of esters is 1. The van der Waals surface area contributed by atoms with Crippen LogP contribution in [0.3, 0.4) is 0 Å². The summed E-state index contributed by atoms with van der Waals surface area (Å²) in [6, 6.07) is 13.5. The summed E-state index contributed by atoms with van der Waals surface area (Å²) in [6.45, 7) is 0.997. The molecule has 7 heteroatoms. The van der Waals surface area contributed by atoms with Gasteiger partial charge in [-0.1, -0.05) is 23.7 Å². The molecular weight excluding hydrogens is 356 g/mol. The third-order valence-corrected chi connectivity index (χ3v) is 3.33. The number of anilines is 2. The smallest absolute Gasteiger partial charge is 0.331 e. The summed E-state index contributed by atoms with van der Waals surface area (Å²) in [7, 11) is 0. The third-order valence-electron chi connectivity index (χ3n) is 3.10. The van der Waals surface area contributed by atoms with Crippen molar-refractivity contribution < 1.29 is 19.1 Å². The van der Waals surface area contributed by atoms with Gasteiger partial charge in [-0.15, -0.1) is 0 Å². The highest BCUT2D eigenvalue weighted by Gasteiger charge is 2.06. The van der Waals surface area contributed by atoms with E-state index < -0.39 is 18.5 Å². The van der Waals surface area contributed by atoms with Gasteiger partial charge in [0.25, 0.3) is 5.91 Å². The van der Waals surface area contributed by atoms with Gasteiger partial charge in [0.2, 0.25) is 5.91 Å². The number of rotatable bonds is 6. The van der Waals surface area contributed by atoms with Crippen LogP contribution in [-0.4, -0.2) is 24.4 Å². The number of benzene rings is 2. The Morgan fingerprint density at radius 3 is 2.31 bits per heavy atom. The van der Waals surface area contributed by atoms with E-state index in [2.05, 4.69) is 10.6 Å². The molecule has 2 aromatic carbocycles. The first-order chi connectivity index (χ1) is 12.4. The maximum absolute atomic E-state index is 11.8. The van der Waals surface area contributed by atoms with Crippen LogP contribution < -0.4 is 10.6 Å². The average Bonchev–Trinajstić information content (AvgIpc) is 2.59. The predicted octanol–water partition coefficient (Wildman–Crippen LogP) is 3.49. The molecule has 0 saturated heterocycles. The zero-order valence-corrected chi connectivity index (χ0v) is 14.7. The number of ether oxygens (including phenoxy) is 1. The molecule has 0 fully saturated rings. The summed E-state index contributed by atoms with van der Waals surface area (Å²) in [5.41, 5.74) is 1.89. The lowest BCUT2D eigenvalue weighted by atomic mass is 10.2. The Morgan fingerprint density at radius 1 is 1.04 bits per heavy atom. The predicted molar refractivity (Wildman–Crippen MR) is 101 cm³/mol. The maximum Gasteiger partial charge on any atom is 0.331 e. The van der Waals surface area contributed by atoms with Gasteiger partial charge in [0.05, 0.1) is 0 Å². The number of carbonyl (C=O) groups excluding carboxylic acids is 3. The Hall–Kier alpha value is -3.12. The maximum atomic E-state index is 11.8. The van der Waals surface area contributed by atoms with E-state index in [1.165, 1.54) is 13.0 Å². The largest absolute Gasteiger partial charge is 0.452 e. The van der Waals surface area contributed by atoms with Crippen molar-refractivity contribution in [3.63, 3.8) is 0 Å². The van der Waals surface area contributed by atoms with Crippen LogP contribution in [0.25, 0.3) is 6.08 Å². The molecule has 134 valence electrons. The minimum Gasteiger partial charge on any atom is -0.452 e. The highest BCUT2D eigenvalue weighted by atomic mass is 35.5. The molecule has 0 saturated carbocycles. The topological polar surface area (TPSA) is 84.5 Å². The van der Waals surface area contributed by atoms with Crippen LogP contribution in [0.1, 0.15) is 12.5 Å². The first kappa shape index (κ1) is 19.2. The van der Waals surface area contributed by atoms with Gasteiger partial charge in [-0.2, -0.15) is 0 Å². The van der Waals surface area contributed by atoms with E-state index in [9.17, 15) is 14.4 Å². The molecule has 2 aromatic rings. The Kier molecular flexibility index (Phi) is 6.93. The lowest BCUT2D eigenvalue weighted by Gasteiger charge is -2.07. The van der Waals surface area contributed by atoms with E-state index in [1.807, 2.05) is 0 Å². The van der Waals surface area contributed by atoms with Crippen molar-refractivity contribution in [2.45, 2.75) is 6.92 Å². The summed E-state index contributed by atoms with van der Waals surface area (Å²) >= 11 is 5.85. The molecule has 0 bridgehead atoms. The number of nitrogens with one attached hydrogen (secondary N) is 2. The summed E-state index contributed by atoms with van der Waals surface area (Å²) in [6.07, 6.45) is 2.77. The minimum absolute atomic E-state index is 0.181. The third kappa shape index (κ3) is 6.78. The molecule has 0 atom stereocenters. The van der Waals surface area contributed by atoms with Crippen molar-refractivity contribution >= 4 is 46.8 Å². The van der Waals surface area contributed by atoms with Crippen LogP contribution in [0.4, 0.5) is 11.4 Å². The van der Waals surface area contributed by atoms with Crippen LogP contribution in [0.5, 0.6) is 0 Å². The van der Waals surface area contributed by atoms with Crippen LogP contribution in [0, 0.1) is 0 Å².